The number of Topliss-reactive ketones (excluding diaryl/α,β-unsaturated/α-hetero) is 3. The molecule has 1 aromatic carbocycles. The maximum absolute atomic E-state index is 13.8. The molecular weight excluding hydrogens is 1090 g/mol. The van der Waals surface area contributed by atoms with Gasteiger partial charge in [0.15, 0.2) is 18.2 Å². The van der Waals surface area contributed by atoms with Gasteiger partial charge in [0.25, 0.3) is 5.91 Å². The molecule has 492 valence electrons. The van der Waals surface area contributed by atoms with Crippen molar-refractivity contribution in [2.24, 2.45) is 41.2 Å². The predicted molar refractivity (Wildman–Crippen MR) is 334 cm³/mol. The highest BCUT2D eigenvalue weighted by Crippen LogP contribution is 2.26. The van der Waals surface area contributed by atoms with Crippen LogP contribution in [0.25, 0.3) is 0 Å². The Morgan fingerprint density at radius 3 is 1.71 bits per heavy atom. The van der Waals surface area contributed by atoms with E-state index in [1.807, 2.05) is 52.0 Å². The highest BCUT2D eigenvalue weighted by Gasteiger charge is 2.38. The first-order chi connectivity index (χ1) is 39.8. The largest absolute Gasteiger partial charge is 0.497 e. The first kappa shape index (κ1) is 87.5. The highest BCUT2D eigenvalue weighted by atomic mass is 16.5. The molecule has 2 aliphatic rings. The van der Waals surface area contributed by atoms with Gasteiger partial charge in [-0.2, -0.15) is 0 Å². The number of amides is 6. The lowest BCUT2D eigenvalue weighted by molar-refractivity contribution is -0.153. The van der Waals surface area contributed by atoms with Crippen LogP contribution in [0.3, 0.4) is 0 Å². The summed E-state index contributed by atoms with van der Waals surface area (Å²) in [6.07, 6.45) is 0.778. The molecule has 22 heteroatoms. The van der Waals surface area contributed by atoms with Crippen LogP contribution in [0.2, 0.25) is 0 Å². The molecular formula is C63H115N7O15. The number of likely N-dealkylation sites (tertiary alicyclic amines) is 2. The summed E-state index contributed by atoms with van der Waals surface area (Å²) in [6, 6.07) is 5.50. The quantitative estimate of drug-likeness (QED) is 0.0346. The molecule has 85 heavy (non-hydrogen) atoms. The number of ketones is 3. The van der Waals surface area contributed by atoms with Gasteiger partial charge in [0.2, 0.25) is 35.8 Å². The normalized spacial score (nSPS) is 14.4. The fraction of sp³-hybridized carbons (Fsp3) is 0.730. The molecule has 0 spiro atoms. The van der Waals surface area contributed by atoms with E-state index in [1.165, 1.54) is 33.6 Å². The number of aryl methyl sites for hydroxylation is 1. The van der Waals surface area contributed by atoms with E-state index in [4.69, 9.17) is 14.2 Å². The number of methoxy groups -OCH3 is 1. The number of hydrogen-bond donors (Lipinski definition) is 4. The van der Waals surface area contributed by atoms with Crippen LogP contribution in [0.4, 0.5) is 0 Å². The number of rotatable bonds is 25. The van der Waals surface area contributed by atoms with Crippen LogP contribution >= 0.6 is 0 Å². The predicted octanol–water partition coefficient (Wildman–Crippen LogP) is 6.62. The van der Waals surface area contributed by atoms with Crippen molar-refractivity contribution in [3.63, 3.8) is 0 Å². The SMILES string of the molecule is CC.CC.CC(C)C.CC(C)C.CC(C)C.CC[C@H](C)[C@H](CC(=O)C(COC(=O)CN(C)C=O)NC(=O)CN(C)C(=O)C1CCCN1C(=O)C(C)=O)C(O)CC(=O)OCC(=O)C(C)C(=O)NCC(=O)N1CCCC1.CN.COc1ccc(C)cc1. The third-order valence-electron chi connectivity index (χ3n) is 11.6. The van der Waals surface area contributed by atoms with Crippen LogP contribution in [0.5, 0.6) is 5.75 Å². The number of carbonyl (C=O) groups excluding carboxylic acids is 11. The first-order valence-electron chi connectivity index (χ1n) is 30.1. The smallest absolute Gasteiger partial charge is 0.325 e. The number of aliphatic hydroxyl groups is 1. The lowest BCUT2D eigenvalue weighted by Crippen LogP contribution is -2.52. The van der Waals surface area contributed by atoms with Crippen LogP contribution in [-0.2, 0) is 62.2 Å². The van der Waals surface area contributed by atoms with Crippen molar-refractivity contribution in [1.82, 2.24) is 30.2 Å². The molecule has 3 rings (SSSR count). The second-order valence-corrected chi connectivity index (χ2v) is 22.1. The number of benzene rings is 1. The molecule has 6 amide bonds. The topological polar surface area (TPSA) is 299 Å². The Hall–Kier alpha value is -6.29. The van der Waals surface area contributed by atoms with E-state index in [9.17, 15) is 57.8 Å². The molecule has 5 N–H and O–H groups in total. The van der Waals surface area contributed by atoms with Crippen LogP contribution in [-0.4, -0.2) is 189 Å². The van der Waals surface area contributed by atoms with Gasteiger partial charge in [0, 0.05) is 47.1 Å². The van der Waals surface area contributed by atoms with Gasteiger partial charge in [-0.1, -0.05) is 128 Å². The second kappa shape index (κ2) is 52.1. The Labute approximate surface area is 511 Å². The van der Waals surface area contributed by atoms with E-state index in [0.717, 1.165) is 58.0 Å². The molecule has 2 aliphatic heterocycles. The molecule has 0 aromatic heterocycles. The fourth-order valence-corrected chi connectivity index (χ4v) is 7.20. The zero-order chi connectivity index (χ0) is 67.1. The summed E-state index contributed by atoms with van der Waals surface area (Å²) >= 11 is 0. The van der Waals surface area contributed by atoms with Crippen molar-refractivity contribution in [3.05, 3.63) is 29.8 Å². The zero-order valence-corrected chi connectivity index (χ0v) is 56.2. The molecule has 1 aromatic rings. The molecule has 0 aliphatic carbocycles. The molecule has 0 radical (unpaired) electrons. The van der Waals surface area contributed by atoms with Gasteiger partial charge in [0.05, 0.1) is 38.6 Å². The van der Waals surface area contributed by atoms with Crippen molar-refractivity contribution in [3.8, 4) is 5.75 Å². The Kier molecular flexibility index (Phi) is 53.6. The average Bonchev–Trinajstić information content (AvgIpc) is 4.38. The van der Waals surface area contributed by atoms with Crippen molar-refractivity contribution in [2.45, 2.75) is 188 Å². The van der Waals surface area contributed by atoms with Crippen molar-refractivity contribution in [2.75, 3.05) is 80.7 Å². The van der Waals surface area contributed by atoms with E-state index in [1.54, 1.807) is 25.9 Å². The summed E-state index contributed by atoms with van der Waals surface area (Å²) in [5.74, 6) is -6.42. The number of nitrogens with one attached hydrogen (secondary N) is 2. The number of hydrogen-bond acceptors (Lipinski definition) is 16. The van der Waals surface area contributed by atoms with Crippen molar-refractivity contribution in [1.29, 1.82) is 0 Å². The maximum atomic E-state index is 13.8. The second-order valence-electron chi connectivity index (χ2n) is 22.1. The lowest BCUT2D eigenvalue weighted by atomic mass is 9.81. The molecule has 6 atom stereocenters. The summed E-state index contributed by atoms with van der Waals surface area (Å²) in [5, 5.41) is 16.0. The van der Waals surface area contributed by atoms with Crippen molar-refractivity contribution < 1.29 is 72.1 Å². The number of nitrogens with two attached hydrogens (primary N) is 1. The van der Waals surface area contributed by atoms with E-state index < -0.39 is 122 Å². The maximum Gasteiger partial charge on any atom is 0.325 e. The minimum atomic E-state index is -1.50. The van der Waals surface area contributed by atoms with Gasteiger partial charge in [0.1, 0.15) is 31.0 Å². The van der Waals surface area contributed by atoms with Gasteiger partial charge in [-0.25, -0.2) is 0 Å². The van der Waals surface area contributed by atoms with Crippen LogP contribution in [0.1, 0.15) is 168 Å². The Bertz CT molecular complexity index is 2040. The molecule has 0 saturated carbocycles. The molecule has 2 heterocycles. The van der Waals surface area contributed by atoms with Crippen molar-refractivity contribution >= 4 is 65.2 Å². The van der Waals surface area contributed by atoms with Gasteiger partial charge < -0.3 is 55.3 Å². The molecule has 2 fully saturated rings. The standard InChI is InChI=1S/C38H58N6O14.C8H10O.3C4H10.2C2H6.CH5N/c1-7-23(2)26(29(47)16-34(52)58-21-31(49)24(3)36(54)39-17-33(51)43-12-8-9-13-43)15-30(48)27(20-57-35(53)19-41(5)22-45)40-32(50)18-42(6)38(56)28-11-10-14-44(28)37(55)25(4)46;1-7-3-5-8(9-2)6-4-7;3*1-4(2)3;3*1-2/h22-24,26-29,47H,7-21H2,1-6H3,(H,39,54)(H,40,50);3-6H,1-2H3;3*4H,1-3H3;2*1-2H3;2H2,1H3/t23-,24?,26-,27?,28?,29?;;;;;;;/m0......./s1. The molecule has 2 saturated heterocycles. The fourth-order valence-electron chi connectivity index (χ4n) is 7.20. The van der Waals surface area contributed by atoms with Gasteiger partial charge in [-0.3, -0.25) is 52.7 Å². The van der Waals surface area contributed by atoms with E-state index in [0.29, 0.717) is 32.3 Å². The third kappa shape index (κ3) is 43.1. The Morgan fingerprint density at radius 2 is 1.25 bits per heavy atom. The number of aliphatic hydroxyl groups excluding tert-OH is 1. The van der Waals surface area contributed by atoms with E-state index >= 15 is 0 Å². The highest BCUT2D eigenvalue weighted by molar-refractivity contribution is 6.35. The summed E-state index contributed by atoms with van der Waals surface area (Å²) in [7, 11) is 5.79. The molecule has 22 nitrogen and oxygen atoms in total. The third-order valence-corrected chi connectivity index (χ3v) is 11.6. The zero-order valence-electron chi connectivity index (χ0n) is 56.2. The molecule has 0 bridgehead atoms. The number of carbonyl (C=O) groups is 11. The van der Waals surface area contributed by atoms with E-state index in [2.05, 4.69) is 85.6 Å². The Balaban J connectivity index is -0.000000654. The number of esters is 2. The summed E-state index contributed by atoms with van der Waals surface area (Å²) in [4.78, 5) is 142. The number of ether oxygens (including phenoxy) is 3. The number of likely N-dealkylation sites (N-methyl/N-ethyl adjacent to an activating group) is 2. The van der Waals surface area contributed by atoms with Crippen LogP contribution in [0.15, 0.2) is 24.3 Å². The van der Waals surface area contributed by atoms with E-state index in [-0.39, 0.29) is 31.3 Å². The average molecular weight is 1210 g/mol. The number of nitrogens with zero attached hydrogens (tertiary/aromatic N) is 4. The first-order valence-corrected chi connectivity index (χ1v) is 30.1. The van der Waals surface area contributed by atoms with Crippen LogP contribution in [0, 0.1) is 42.4 Å². The Morgan fingerprint density at radius 1 is 0.741 bits per heavy atom. The van der Waals surface area contributed by atoms with Gasteiger partial charge in [-0.15, -0.1) is 0 Å². The van der Waals surface area contributed by atoms with Gasteiger partial charge >= 0.3 is 11.9 Å². The minimum Gasteiger partial charge on any atom is -0.497 e. The molecule has 4 unspecified atom stereocenters. The van der Waals surface area contributed by atoms with Crippen LogP contribution < -0.4 is 21.1 Å². The summed E-state index contributed by atoms with van der Waals surface area (Å²) in [5.41, 5.74) is 5.76. The van der Waals surface area contributed by atoms with Gasteiger partial charge in [-0.05, 0) is 88.3 Å². The summed E-state index contributed by atoms with van der Waals surface area (Å²) < 4.78 is 15.2. The summed E-state index contributed by atoms with van der Waals surface area (Å²) in [6.45, 7) is 34.1. The minimum absolute atomic E-state index is 0.191. The monoisotopic (exact) mass is 1210 g/mol. The lowest BCUT2D eigenvalue weighted by Gasteiger charge is -2.29.